The first-order chi connectivity index (χ1) is 12.3. The van der Waals surface area contributed by atoms with Crippen LogP contribution in [0, 0.1) is 0 Å². The van der Waals surface area contributed by atoms with Gasteiger partial charge in [-0.1, -0.05) is 23.7 Å². The average Bonchev–Trinajstić information content (AvgIpc) is 2.62. The third kappa shape index (κ3) is 5.39. The first kappa shape index (κ1) is 19.6. The van der Waals surface area contributed by atoms with Crippen molar-refractivity contribution in [1.82, 2.24) is 0 Å². The monoisotopic (exact) mass is 377 g/mol. The number of methoxy groups -OCH3 is 1. The number of amides is 1. The molecular weight excluding hydrogens is 358 g/mol. The molecule has 2 aromatic carbocycles. The zero-order valence-electron chi connectivity index (χ0n) is 14.7. The number of anilines is 1. The SMILES string of the molecule is COc1ccccc1NC(=O)COC(=O)C(C)(C)Oc1ccc(Cl)cc1. The van der Waals surface area contributed by atoms with Gasteiger partial charge in [-0.25, -0.2) is 4.79 Å². The van der Waals surface area contributed by atoms with Gasteiger partial charge in [0.25, 0.3) is 5.91 Å². The topological polar surface area (TPSA) is 73.9 Å². The minimum atomic E-state index is -1.27. The summed E-state index contributed by atoms with van der Waals surface area (Å²) in [5.41, 5.74) is -0.772. The summed E-state index contributed by atoms with van der Waals surface area (Å²) in [5, 5.41) is 3.19. The van der Waals surface area contributed by atoms with E-state index in [0.29, 0.717) is 22.2 Å². The van der Waals surface area contributed by atoms with E-state index in [2.05, 4.69) is 5.32 Å². The Morgan fingerprint density at radius 3 is 2.38 bits per heavy atom. The van der Waals surface area contributed by atoms with E-state index in [4.69, 9.17) is 25.8 Å². The van der Waals surface area contributed by atoms with Crippen molar-refractivity contribution < 1.29 is 23.8 Å². The largest absolute Gasteiger partial charge is 0.495 e. The highest BCUT2D eigenvalue weighted by Crippen LogP contribution is 2.23. The molecule has 0 aliphatic heterocycles. The van der Waals surface area contributed by atoms with Crippen LogP contribution in [0.4, 0.5) is 5.69 Å². The number of hydrogen-bond acceptors (Lipinski definition) is 5. The summed E-state index contributed by atoms with van der Waals surface area (Å²) in [4.78, 5) is 24.2. The molecule has 0 atom stereocenters. The summed E-state index contributed by atoms with van der Waals surface area (Å²) in [6, 6.07) is 13.5. The van der Waals surface area contributed by atoms with E-state index in [0.717, 1.165) is 0 Å². The number of hydrogen-bond donors (Lipinski definition) is 1. The highest BCUT2D eigenvalue weighted by Gasteiger charge is 2.32. The van der Waals surface area contributed by atoms with Crippen LogP contribution in [0.3, 0.4) is 0 Å². The smallest absolute Gasteiger partial charge is 0.350 e. The predicted molar refractivity (Wildman–Crippen MR) is 98.7 cm³/mol. The molecule has 0 unspecified atom stereocenters. The molecule has 2 aromatic rings. The van der Waals surface area contributed by atoms with E-state index in [9.17, 15) is 9.59 Å². The number of para-hydroxylation sites is 2. The lowest BCUT2D eigenvalue weighted by Crippen LogP contribution is -2.41. The van der Waals surface area contributed by atoms with Crippen LogP contribution < -0.4 is 14.8 Å². The maximum absolute atomic E-state index is 12.2. The number of esters is 1. The van der Waals surface area contributed by atoms with Crippen LogP contribution in [0.5, 0.6) is 11.5 Å². The molecular formula is C19H20ClNO5. The predicted octanol–water partition coefficient (Wildman–Crippen LogP) is 3.69. The van der Waals surface area contributed by atoms with Crippen molar-refractivity contribution >= 4 is 29.2 Å². The van der Waals surface area contributed by atoms with Crippen molar-refractivity contribution in [3.8, 4) is 11.5 Å². The summed E-state index contributed by atoms with van der Waals surface area (Å²) in [6.45, 7) is 2.68. The molecule has 138 valence electrons. The first-order valence-electron chi connectivity index (χ1n) is 7.86. The van der Waals surface area contributed by atoms with Crippen LogP contribution in [0.1, 0.15) is 13.8 Å². The van der Waals surface area contributed by atoms with Crippen molar-refractivity contribution in [1.29, 1.82) is 0 Å². The minimum Gasteiger partial charge on any atom is -0.495 e. The van der Waals surface area contributed by atoms with E-state index in [-0.39, 0.29) is 0 Å². The second kappa shape index (κ2) is 8.58. The van der Waals surface area contributed by atoms with Crippen molar-refractivity contribution in [2.45, 2.75) is 19.4 Å². The first-order valence-corrected chi connectivity index (χ1v) is 8.24. The molecule has 26 heavy (non-hydrogen) atoms. The molecule has 0 saturated heterocycles. The van der Waals surface area contributed by atoms with Gasteiger partial charge < -0.3 is 19.5 Å². The Bertz CT molecular complexity index is 774. The number of rotatable bonds is 7. The van der Waals surface area contributed by atoms with Gasteiger partial charge >= 0.3 is 5.97 Å². The number of ether oxygens (including phenoxy) is 3. The Hall–Kier alpha value is -2.73. The zero-order valence-corrected chi connectivity index (χ0v) is 15.5. The molecule has 1 amide bonds. The zero-order chi connectivity index (χ0) is 19.2. The lowest BCUT2D eigenvalue weighted by molar-refractivity contribution is -0.161. The molecule has 0 radical (unpaired) electrons. The molecule has 0 spiro atoms. The van der Waals surface area contributed by atoms with Gasteiger partial charge in [-0.15, -0.1) is 0 Å². The number of benzene rings is 2. The van der Waals surface area contributed by atoms with Gasteiger partial charge in [0.2, 0.25) is 0 Å². The van der Waals surface area contributed by atoms with Gasteiger partial charge in [-0.3, -0.25) is 4.79 Å². The second-order valence-corrected chi connectivity index (χ2v) is 6.33. The van der Waals surface area contributed by atoms with E-state index in [1.165, 1.54) is 7.11 Å². The molecule has 0 aliphatic rings. The summed E-state index contributed by atoms with van der Waals surface area (Å²) in [5.74, 6) is -0.166. The fraction of sp³-hybridized carbons (Fsp3) is 0.263. The fourth-order valence-electron chi connectivity index (χ4n) is 2.08. The molecule has 1 N–H and O–H groups in total. The summed E-state index contributed by atoms with van der Waals surface area (Å²) in [6.07, 6.45) is 0. The summed E-state index contributed by atoms with van der Waals surface area (Å²) in [7, 11) is 1.50. The van der Waals surface area contributed by atoms with E-state index < -0.39 is 24.1 Å². The minimum absolute atomic E-state index is 0.440. The van der Waals surface area contributed by atoms with Gasteiger partial charge in [-0.05, 0) is 50.2 Å². The van der Waals surface area contributed by atoms with Crippen LogP contribution in [-0.2, 0) is 14.3 Å². The van der Waals surface area contributed by atoms with Crippen LogP contribution in [0.2, 0.25) is 5.02 Å². The van der Waals surface area contributed by atoms with E-state index >= 15 is 0 Å². The van der Waals surface area contributed by atoms with Crippen molar-refractivity contribution in [3.05, 3.63) is 53.6 Å². The molecule has 0 bridgehead atoms. The number of halogens is 1. The third-order valence-electron chi connectivity index (χ3n) is 3.39. The Kier molecular flexibility index (Phi) is 6.46. The maximum atomic E-state index is 12.2. The van der Waals surface area contributed by atoms with Gasteiger partial charge in [0, 0.05) is 5.02 Å². The van der Waals surface area contributed by atoms with Crippen LogP contribution >= 0.6 is 11.6 Å². The molecule has 0 aliphatic carbocycles. The average molecular weight is 378 g/mol. The second-order valence-electron chi connectivity index (χ2n) is 5.89. The summed E-state index contributed by atoms with van der Waals surface area (Å²) >= 11 is 5.82. The summed E-state index contributed by atoms with van der Waals surface area (Å²) < 4.78 is 15.8. The Morgan fingerprint density at radius 1 is 1.08 bits per heavy atom. The highest BCUT2D eigenvalue weighted by molar-refractivity contribution is 6.30. The van der Waals surface area contributed by atoms with Crippen LogP contribution in [-0.4, -0.2) is 31.2 Å². The molecule has 0 saturated carbocycles. The highest BCUT2D eigenvalue weighted by atomic mass is 35.5. The Balaban J connectivity index is 1.90. The van der Waals surface area contributed by atoms with Gasteiger partial charge in [0.15, 0.2) is 12.2 Å². The van der Waals surface area contributed by atoms with Gasteiger partial charge in [0.05, 0.1) is 12.8 Å². The molecule has 0 fully saturated rings. The maximum Gasteiger partial charge on any atom is 0.350 e. The Morgan fingerprint density at radius 2 is 1.73 bits per heavy atom. The van der Waals surface area contributed by atoms with Crippen LogP contribution in [0.25, 0.3) is 0 Å². The molecule has 2 rings (SSSR count). The van der Waals surface area contributed by atoms with E-state index in [1.807, 2.05) is 0 Å². The quantitative estimate of drug-likeness (QED) is 0.745. The number of carbonyl (C=O) groups excluding carboxylic acids is 2. The molecule has 0 heterocycles. The Labute approximate surface area is 157 Å². The molecule has 6 nitrogen and oxygen atoms in total. The number of carbonyl (C=O) groups is 2. The van der Waals surface area contributed by atoms with Crippen LogP contribution in [0.15, 0.2) is 48.5 Å². The lowest BCUT2D eigenvalue weighted by atomic mass is 10.1. The standard InChI is InChI=1S/C19H20ClNO5/c1-19(2,26-14-10-8-13(20)9-11-14)18(23)25-12-17(22)21-15-6-4-5-7-16(15)24-3/h4-11H,12H2,1-3H3,(H,21,22). The molecule has 7 heteroatoms. The van der Waals surface area contributed by atoms with Crippen molar-refractivity contribution in [2.24, 2.45) is 0 Å². The van der Waals surface area contributed by atoms with Crippen molar-refractivity contribution in [3.63, 3.8) is 0 Å². The lowest BCUT2D eigenvalue weighted by Gasteiger charge is -2.24. The van der Waals surface area contributed by atoms with Crippen molar-refractivity contribution in [2.75, 3.05) is 19.0 Å². The van der Waals surface area contributed by atoms with Gasteiger partial charge in [-0.2, -0.15) is 0 Å². The van der Waals surface area contributed by atoms with E-state index in [1.54, 1.807) is 62.4 Å². The third-order valence-corrected chi connectivity index (χ3v) is 3.65. The normalized spacial score (nSPS) is 10.8. The van der Waals surface area contributed by atoms with Gasteiger partial charge in [0.1, 0.15) is 11.5 Å². The fourth-order valence-corrected chi connectivity index (χ4v) is 2.20. The molecule has 0 aromatic heterocycles. The number of nitrogens with one attached hydrogen (secondary N) is 1.